The molecule has 0 aliphatic rings. The van der Waals surface area contributed by atoms with Crippen LogP contribution in [0.25, 0.3) is 6.08 Å². The Morgan fingerprint density at radius 2 is 2.15 bits per heavy atom. The molecule has 1 N–H and O–H groups in total. The van der Waals surface area contributed by atoms with Gasteiger partial charge in [0.05, 0.1) is 7.11 Å². The first-order valence-electron chi connectivity index (χ1n) is 7.17. The molecule has 1 atom stereocenters. The Hall–Kier alpha value is -1.77. The largest absolute Gasteiger partial charge is 0.497 e. The maximum atomic E-state index is 10.7. The molecule has 3 heteroatoms. The summed E-state index contributed by atoms with van der Waals surface area (Å²) >= 11 is 0. The first-order valence-corrected chi connectivity index (χ1v) is 7.17. The maximum Gasteiger partial charge on any atom is 0.328 e. The van der Waals surface area contributed by atoms with Crippen LogP contribution in [-0.4, -0.2) is 18.2 Å². The van der Waals surface area contributed by atoms with Crippen molar-refractivity contribution in [1.29, 1.82) is 0 Å². The lowest BCUT2D eigenvalue weighted by Gasteiger charge is -2.16. The highest BCUT2D eigenvalue weighted by Crippen LogP contribution is 2.29. The van der Waals surface area contributed by atoms with E-state index in [2.05, 4.69) is 13.8 Å². The SMILES string of the molecule is CCCCCC(C)c1cc(OC)ccc1/C=C/C(=O)O. The van der Waals surface area contributed by atoms with E-state index in [1.807, 2.05) is 18.2 Å². The van der Waals surface area contributed by atoms with E-state index in [-0.39, 0.29) is 0 Å². The molecule has 1 aromatic carbocycles. The van der Waals surface area contributed by atoms with Gasteiger partial charge in [0.2, 0.25) is 0 Å². The van der Waals surface area contributed by atoms with Gasteiger partial charge in [0.15, 0.2) is 0 Å². The fraction of sp³-hybridized carbons (Fsp3) is 0.471. The number of hydrogen-bond donors (Lipinski definition) is 1. The molecule has 0 saturated carbocycles. The summed E-state index contributed by atoms with van der Waals surface area (Å²) in [5, 5.41) is 8.77. The summed E-state index contributed by atoms with van der Waals surface area (Å²) < 4.78 is 5.27. The third-order valence-electron chi connectivity index (χ3n) is 3.47. The summed E-state index contributed by atoms with van der Waals surface area (Å²) in [5.41, 5.74) is 2.11. The Morgan fingerprint density at radius 3 is 2.75 bits per heavy atom. The third kappa shape index (κ3) is 5.08. The van der Waals surface area contributed by atoms with E-state index < -0.39 is 5.97 Å². The van der Waals surface area contributed by atoms with Crippen molar-refractivity contribution < 1.29 is 14.6 Å². The van der Waals surface area contributed by atoms with Crippen molar-refractivity contribution in [1.82, 2.24) is 0 Å². The van der Waals surface area contributed by atoms with Crippen molar-refractivity contribution in [3.63, 3.8) is 0 Å². The molecule has 1 unspecified atom stereocenters. The number of carboxylic acids is 1. The fourth-order valence-corrected chi connectivity index (χ4v) is 2.28. The highest BCUT2D eigenvalue weighted by Gasteiger charge is 2.11. The zero-order valence-electron chi connectivity index (χ0n) is 12.6. The van der Waals surface area contributed by atoms with Gasteiger partial charge in [0.25, 0.3) is 0 Å². The Morgan fingerprint density at radius 1 is 1.40 bits per heavy atom. The highest BCUT2D eigenvalue weighted by molar-refractivity contribution is 5.85. The van der Waals surface area contributed by atoms with Gasteiger partial charge in [-0.2, -0.15) is 0 Å². The highest BCUT2D eigenvalue weighted by atomic mass is 16.5. The maximum absolute atomic E-state index is 10.7. The summed E-state index contributed by atoms with van der Waals surface area (Å²) in [5.74, 6) is 0.283. The second-order valence-corrected chi connectivity index (χ2v) is 5.06. The number of carbonyl (C=O) groups is 1. The number of hydrogen-bond acceptors (Lipinski definition) is 2. The van der Waals surface area contributed by atoms with Gasteiger partial charge in [-0.15, -0.1) is 0 Å². The summed E-state index contributed by atoms with van der Waals surface area (Å²) in [4.78, 5) is 10.7. The van der Waals surface area contributed by atoms with Crippen LogP contribution in [0.5, 0.6) is 5.75 Å². The lowest BCUT2D eigenvalue weighted by atomic mass is 9.91. The minimum Gasteiger partial charge on any atom is -0.497 e. The molecule has 0 heterocycles. The molecule has 0 aliphatic carbocycles. The second-order valence-electron chi connectivity index (χ2n) is 5.06. The van der Waals surface area contributed by atoms with Crippen molar-refractivity contribution in [3.05, 3.63) is 35.4 Å². The molecule has 20 heavy (non-hydrogen) atoms. The normalized spacial score (nSPS) is 12.6. The van der Waals surface area contributed by atoms with Gasteiger partial charge < -0.3 is 9.84 Å². The molecule has 1 aromatic rings. The number of aliphatic carboxylic acids is 1. The first kappa shape index (κ1) is 16.3. The summed E-state index contributed by atoms with van der Waals surface area (Å²) in [7, 11) is 1.65. The predicted molar refractivity (Wildman–Crippen MR) is 82.2 cm³/mol. The van der Waals surface area contributed by atoms with E-state index in [1.165, 1.54) is 25.3 Å². The molecular formula is C17H24O3. The second kappa shape index (κ2) is 8.41. The van der Waals surface area contributed by atoms with E-state index in [1.54, 1.807) is 13.2 Å². The van der Waals surface area contributed by atoms with Gasteiger partial charge in [-0.05, 0) is 41.7 Å². The van der Waals surface area contributed by atoms with Gasteiger partial charge in [0, 0.05) is 6.08 Å². The van der Waals surface area contributed by atoms with Gasteiger partial charge in [-0.1, -0.05) is 39.2 Å². The fourth-order valence-electron chi connectivity index (χ4n) is 2.28. The molecular weight excluding hydrogens is 252 g/mol. The molecule has 110 valence electrons. The Balaban J connectivity index is 2.96. The van der Waals surface area contributed by atoms with Crippen LogP contribution >= 0.6 is 0 Å². The minimum atomic E-state index is -0.926. The van der Waals surface area contributed by atoms with Crippen LogP contribution in [0.3, 0.4) is 0 Å². The molecule has 0 amide bonds. The van der Waals surface area contributed by atoms with Crippen LogP contribution in [0.1, 0.15) is 56.6 Å². The smallest absolute Gasteiger partial charge is 0.328 e. The van der Waals surface area contributed by atoms with Crippen molar-refractivity contribution in [3.8, 4) is 5.75 Å². The number of methoxy groups -OCH3 is 1. The van der Waals surface area contributed by atoms with Crippen molar-refractivity contribution in [2.75, 3.05) is 7.11 Å². The summed E-state index contributed by atoms with van der Waals surface area (Å²) in [6.45, 7) is 4.37. The average molecular weight is 276 g/mol. The lowest BCUT2D eigenvalue weighted by Crippen LogP contribution is -1.99. The molecule has 0 spiro atoms. The van der Waals surface area contributed by atoms with Gasteiger partial charge in [-0.25, -0.2) is 4.79 Å². The van der Waals surface area contributed by atoms with Crippen LogP contribution in [0.2, 0.25) is 0 Å². The summed E-state index contributed by atoms with van der Waals surface area (Å²) in [6.07, 6.45) is 7.58. The van der Waals surface area contributed by atoms with Crippen LogP contribution in [0.4, 0.5) is 0 Å². The standard InChI is InChI=1S/C17H24O3/c1-4-5-6-7-13(2)16-12-15(20-3)10-8-14(16)9-11-17(18)19/h8-13H,4-7H2,1-3H3,(H,18,19)/b11-9+. The molecule has 0 bridgehead atoms. The van der Waals surface area contributed by atoms with E-state index in [9.17, 15) is 4.79 Å². The lowest BCUT2D eigenvalue weighted by molar-refractivity contribution is -0.131. The molecule has 0 fully saturated rings. The van der Waals surface area contributed by atoms with E-state index >= 15 is 0 Å². The number of unbranched alkanes of at least 4 members (excludes halogenated alkanes) is 2. The van der Waals surface area contributed by atoms with Gasteiger partial charge in [-0.3, -0.25) is 0 Å². The van der Waals surface area contributed by atoms with Crippen molar-refractivity contribution in [2.45, 2.75) is 45.4 Å². The van der Waals surface area contributed by atoms with E-state index in [0.717, 1.165) is 23.3 Å². The monoisotopic (exact) mass is 276 g/mol. The van der Waals surface area contributed by atoms with Crippen molar-refractivity contribution >= 4 is 12.0 Å². The minimum absolute atomic E-state index is 0.394. The zero-order chi connectivity index (χ0) is 15.0. The first-order chi connectivity index (χ1) is 9.58. The van der Waals surface area contributed by atoms with Gasteiger partial charge in [0.1, 0.15) is 5.75 Å². The van der Waals surface area contributed by atoms with E-state index in [0.29, 0.717) is 5.92 Å². The molecule has 0 saturated heterocycles. The van der Waals surface area contributed by atoms with Crippen LogP contribution in [0.15, 0.2) is 24.3 Å². The van der Waals surface area contributed by atoms with Gasteiger partial charge >= 0.3 is 5.97 Å². The van der Waals surface area contributed by atoms with Crippen LogP contribution < -0.4 is 4.74 Å². The number of rotatable bonds is 8. The predicted octanol–water partition coefficient (Wildman–Crippen LogP) is 4.48. The van der Waals surface area contributed by atoms with Crippen LogP contribution in [0, 0.1) is 0 Å². The Kier molecular flexibility index (Phi) is 6.85. The van der Waals surface area contributed by atoms with Crippen LogP contribution in [-0.2, 0) is 4.79 Å². The number of ether oxygens (including phenoxy) is 1. The third-order valence-corrected chi connectivity index (χ3v) is 3.47. The summed E-state index contributed by atoms with van der Waals surface area (Å²) in [6, 6.07) is 5.80. The Bertz CT molecular complexity index is 463. The molecule has 0 aliphatic heterocycles. The molecule has 3 nitrogen and oxygen atoms in total. The Labute approximate surface area is 121 Å². The molecule has 0 aromatic heterocycles. The zero-order valence-corrected chi connectivity index (χ0v) is 12.6. The quantitative estimate of drug-likeness (QED) is 0.562. The molecule has 1 rings (SSSR count). The topological polar surface area (TPSA) is 46.5 Å². The number of benzene rings is 1. The average Bonchev–Trinajstić information content (AvgIpc) is 2.45. The number of carboxylic acid groups (broad SMARTS) is 1. The van der Waals surface area contributed by atoms with E-state index in [4.69, 9.17) is 9.84 Å². The molecule has 0 radical (unpaired) electrons. The van der Waals surface area contributed by atoms with Crippen molar-refractivity contribution in [2.24, 2.45) is 0 Å².